The monoisotopic (exact) mass is 375 g/mol. The van der Waals surface area contributed by atoms with Gasteiger partial charge in [-0.05, 0) is 67.1 Å². The molecule has 1 heterocycles. The maximum absolute atomic E-state index is 12.8. The molecule has 0 bridgehead atoms. The van der Waals surface area contributed by atoms with Gasteiger partial charge in [-0.1, -0.05) is 18.2 Å². The summed E-state index contributed by atoms with van der Waals surface area (Å²) in [5, 5.41) is 3.21. The normalized spacial score (nSPS) is 15.7. The van der Waals surface area contributed by atoms with Gasteiger partial charge in [-0.15, -0.1) is 0 Å². The zero-order chi connectivity index (χ0) is 19.5. The van der Waals surface area contributed by atoms with E-state index in [1.165, 1.54) is 11.1 Å². The van der Waals surface area contributed by atoms with E-state index < -0.39 is 0 Å². The van der Waals surface area contributed by atoms with Gasteiger partial charge in [-0.25, -0.2) is 4.98 Å². The van der Waals surface area contributed by atoms with Crippen LogP contribution >= 0.6 is 0 Å². The lowest BCUT2D eigenvalue weighted by Crippen LogP contribution is -2.31. The Kier molecular flexibility index (Phi) is 5.15. The summed E-state index contributed by atoms with van der Waals surface area (Å²) in [4.78, 5) is 17.0. The second-order valence-corrected chi connectivity index (χ2v) is 7.28. The summed E-state index contributed by atoms with van der Waals surface area (Å²) in [7, 11) is 1.68. The number of carbonyl (C=O) groups excluding carboxylic acids is 1. The van der Waals surface area contributed by atoms with Gasteiger partial charge in [0.05, 0.1) is 13.2 Å². The van der Waals surface area contributed by atoms with Crippen molar-refractivity contribution in [1.29, 1.82) is 0 Å². The Balaban J connectivity index is 1.45. The molecule has 144 valence electrons. The van der Waals surface area contributed by atoms with Gasteiger partial charge in [0.1, 0.15) is 11.6 Å². The van der Waals surface area contributed by atoms with Crippen LogP contribution in [0.5, 0.6) is 5.75 Å². The number of aryl methyl sites for hydroxylation is 2. The molecule has 1 aliphatic carbocycles. The van der Waals surface area contributed by atoms with Gasteiger partial charge in [0.25, 0.3) is 5.91 Å². The predicted octanol–water partition coefficient (Wildman–Crippen LogP) is 4.06. The topological polar surface area (TPSA) is 56.1 Å². The van der Waals surface area contributed by atoms with Crippen LogP contribution in [-0.2, 0) is 13.0 Å². The maximum Gasteiger partial charge on any atom is 0.251 e. The van der Waals surface area contributed by atoms with Crippen LogP contribution in [0.3, 0.4) is 0 Å². The Labute approximate surface area is 165 Å². The fourth-order valence-corrected chi connectivity index (χ4v) is 3.84. The molecular formula is C23H25N3O2. The standard InChI is InChI=1S/C23H25N3O2/c1-16-24-12-13-26(16)15-17-6-8-18(9-7-17)23(27)25-22-5-3-4-19-14-20(28-2)10-11-21(19)22/h6-14,22H,3-5,15H2,1-2H3,(H,25,27)/t22-/m0/s1. The number of carbonyl (C=O) groups is 1. The highest BCUT2D eigenvalue weighted by atomic mass is 16.5. The van der Waals surface area contributed by atoms with Crippen LogP contribution in [0.2, 0.25) is 0 Å². The van der Waals surface area contributed by atoms with Crippen molar-refractivity contribution in [1.82, 2.24) is 14.9 Å². The highest BCUT2D eigenvalue weighted by molar-refractivity contribution is 5.94. The van der Waals surface area contributed by atoms with E-state index in [0.717, 1.165) is 42.9 Å². The van der Waals surface area contributed by atoms with Crippen molar-refractivity contribution < 1.29 is 9.53 Å². The number of benzene rings is 2. The number of hydrogen-bond donors (Lipinski definition) is 1. The van der Waals surface area contributed by atoms with Gasteiger partial charge >= 0.3 is 0 Å². The molecule has 0 aliphatic heterocycles. The minimum atomic E-state index is -0.0287. The number of rotatable bonds is 5. The minimum Gasteiger partial charge on any atom is -0.497 e. The molecule has 1 atom stereocenters. The van der Waals surface area contributed by atoms with E-state index in [1.807, 2.05) is 43.5 Å². The average Bonchev–Trinajstić information content (AvgIpc) is 3.12. The molecule has 0 radical (unpaired) electrons. The molecular weight excluding hydrogens is 350 g/mol. The zero-order valence-corrected chi connectivity index (χ0v) is 16.3. The number of amides is 1. The molecule has 1 N–H and O–H groups in total. The fraction of sp³-hybridized carbons (Fsp3) is 0.304. The van der Waals surface area contributed by atoms with Crippen molar-refractivity contribution >= 4 is 5.91 Å². The Bertz CT molecular complexity index is 976. The van der Waals surface area contributed by atoms with Gasteiger partial charge in [0.2, 0.25) is 0 Å². The summed E-state index contributed by atoms with van der Waals surface area (Å²) in [6, 6.07) is 14.0. The molecule has 28 heavy (non-hydrogen) atoms. The molecule has 1 aromatic heterocycles. The van der Waals surface area contributed by atoms with Gasteiger partial charge in [-0.3, -0.25) is 4.79 Å². The minimum absolute atomic E-state index is 0.0287. The highest BCUT2D eigenvalue weighted by Crippen LogP contribution is 2.32. The van der Waals surface area contributed by atoms with Crippen LogP contribution in [0.4, 0.5) is 0 Å². The van der Waals surface area contributed by atoms with Crippen LogP contribution in [-0.4, -0.2) is 22.6 Å². The lowest BCUT2D eigenvalue weighted by molar-refractivity contribution is 0.0932. The number of nitrogens with zero attached hydrogens (tertiary/aromatic N) is 2. The Morgan fingerprint density at radius 2 is 2.07 bits per heavy atom. The van der Waals surface area contributed by atoms with Crippen LogP contribution in [0.25, 0.3) is 0 Å². The van der Waals surface area contributed by atoms with E-state index in [4.69, 9.17) is 4.74 Å². The van der Waals surface area contributed by atoms with Gasteiger partial charge in [0.15, 0.2) is 0 Å². The number of nitrogens with one attached hydrogen (secondary N) is 1. The van der Waals surface area contributed by atoms with Crippen molar-refractivity contribution in [2.24, 2.45) is 0 Å². The number of aromatic nitrogens is 2. The van der Waals surface area contributed by atoms with Crippen LogP contribution in [0.1, 0.15) is 51.8 Å². The number of methoxy groups -OCH3 is 1. The van der Waals surface area contributed by atoms with E-state index in [9.17, 15) is 4.79 Å². The number of hydrogen-bond acceptors (Lipinski definition) is 3. The molecule has 1 amide bonds. The third-order valence-electron chi connectivity index (χ3n) is 5.46. The third kappa shape index (κ3) is 3.79. The quantitative estimate of drug-likeness (QED) is 0.732. The molecule has 0 saturated carbocycles. The second kappa shape index (κ2) is 7.89. The number of fused-ring (bicyclic) bond motifs is 1. The molecule has 5 heteroatoms. The lowest BCUT2D eigenvalue weighted by Gasteiger charge is -2.27. The predicted molar refractivity (Wildman–Crippen MR) is 109 cm³/mol. The van der Waals surface area contributed by atoms with Gasteiger partial charge < -0.3 is 14.6 Å². The molecule has 0 saturated heterocycles. The van der Waals surface area contributed by atoms with Crippen molar-refractivity contribution in [2.45, 2.75) is 38.8 Å². The fourth-order valence-electron chi connectivity index (χ4n) is 3.84. The van der Waals surface area contributed by atoms with E-state index in [0.29, 0.717) is 5.56 Å². The van der Waals surface area contributed by atoms with E-state index in [1.54, 1.807) is 13.3 Å². The number of ether oxygens (including phenoxy) is 1. The zero-order valence-electron chi connectivity index (χ0n) is 16.3. The van der Waals surface area contributed by atoms with Crippen molar-refractivity contribution in [3.8, 4) is 5.75 Å². The molecule has 4 rings (SSSR count). The van der Waals surface area contributed by atoms with Crippen LogP contribution in [0.15, 0.2) is 54.9 Å². The van der Waals surface area contributed by atoms with Gasteiger partial charge in [0, 0.05) is 24.5 Å². The van der Waals surface area contributed by atoms with Crippen molar-refractivity contribution in [3.05, 3.63) is 82.9 Å². The molecule has 0 fully saturated rings. The van der Waals surface area contributed by atoms with E-state index >= 15 is 0 Å². The van der Waals surface area contributed by atoms with Gasteiger partial charge in [-0.2, -0.15) is 0 Å². The molecule has 5 nitrogen and oxygen atoms in total. The smallest absolute Gasteiger partial charge is 0.251 e. The molecule has 3 aromatic rings. The Morgan fingerprint density at radius 1 is 1.25 bits per heavy atom. The summed E-state index contributed by atoms with van der Waals surface area (Å²) in [5.41, 5.74) is 4.30. The summed E-state index contributed by atoms with van der Waals surface area (Å²) >= 11 is 0. The first-order valence-corrected chi connectivity index (χ1v) is 9.68. The first-order valence-electron chi connectivity index (χ1n) is 9.68. The van der Waals surface area contributed by atoms with E-state index in [2.05, 4.69) is 27.0 Å². The highest BCUT2D eigenvalue weighted by Gasteiger charge is 2.22. The molecule has 2 aromatic carbocycles. The van der Waals surface area contributed by atoms with Crippen LogP contribution < -0.4 is 10.1 Å². The molecule has 1 aliphatic rings. The van der Waals surface area contributed by atoms with Crippen molar-refractivity contribution in [2.75, 3.05) is 7.11 Å². The summed E-state index contributed by atoms with van der Waals surface area (Å²) in [5.74, 6) is 1.82. The van der Waals surface area contributed by atoms with Crippen molar-refractivity contribution in [3.63, 3.8) is 0 Å². The SMILES string of the molecule is COc1ccc2c(c1)CCC[C@@H]2NC(=O)c1ccc(Cn2ccnc2C)cc1. The van der Waals surface area contributed by atoms with Crippen LogP contribution in [0, 0.1) is 6.92 Å². The average molecular weight is 375 g/mol. The number of imidazole rings is 1. The Morgan fingerprint density at radius 3 is 2.79 bits per heavy atom. The largest absolute Gasteiger partial charge is 0.497 e. The summed E-state index contributed by atoms with van der Waals surface area (Å²) < 4.78 is 7.41. The molecule has 0 unspecified atom stereocenters. The van der Waals surface area contributed by atoms with E-state index in [-0.39, 0.29) is 11.9 Å². The third-order valence-corrected chi connectivity index (χ3v) is 5.46. The maximum atomic E-state index is 12.8. The first-order chi connectivity index (χ1) is 13.6. The molecule has 0 spiro atoms. The summed E-state index contributed by atoms with van der Waals surface area (Å²) in [6.45, 7) is 2.74. The summed E-state index contributed by atoms with van der Waals surface area (Å²) in [6.07, 6.45) is 6.82. The Hall–Kier alpha value is -3.08. The lowest BCUT2D eigenvalue weighted by atomic mass is 9.87. The first kappa shape index (κ1) is 18.3. The second-order valence-electron chi connectivity index (χ2n) is 7.28.